The quantitative estimate of drug-likeness (QED) is 0.856. The number of aromatic nitrogens is 4. The van der Waals surface area contributed by atoms with E-state index in [1.807, 2.05) is 16.8 Å². The molecule has 2 rings (SSSR count). The van der Waals surface area contributed by atoms with E-state index in [0.717, 1.165) is 18.4 Å². The Balaban J connectivity index is 2.45. The van der Waals surface area contributed by atoms with Crippen molar-refractivity contribution in [3.8, 4) is 11.4 Å². The topological polar surface area (TPSA) is 69.6 Å². The third-order valence-corrected chi connectivity index (χ3v) is 4.30. The van der Waals surface area contributed by atoms with Crippen LogP contribution in [0.1, 0.15) is 39.7 Å². The third kappa shape index (κ3) is 2.63. The normalized spacial score (nSPS) is 12.8. The molecule has 0 radical (unpaired) electrons. The van der Waals surface area contributed by atoms with Gasteiger partial charge in [0.05, 0.1) is 16.8 Å². The fourth-order valence-corrected chi connectivity index (χ4v) is 2.75. The van der Waals surface area contributed by atoms with E-state index in [2.05, 4.69) is 36.3 Å². The summed E-state index contributed by atoms with van der Waals surface area (Å²) >= 11 is 6.27. The predicted octanol–water partition coefficient (Wildman–Crippen LogP) is 3.57. The lowest BCUT2D eigenvalue weighted by molar-refractivity contribution is 0.309. The van der Waals surface area contributed by atoms with Gasteiger partial charge in [0.25, 0.3) is 0 Å². The number of benzene rings is 1. The molecule has 20 heavy (non-hydrogen) atoms. The lowest BCUT2D eigenvalue weighted by Gasteiger charge is -2.22. The van der Waals surface area contributed by atoms with Crippen LogP contribution in [0.5, 0.6) is 0 Å². The average Bonchev–Trinajstić information content (AvgIpc) is 2.92. The minimum atomic E-state index is 0.215. The summed E-state index contributed by atoms with van der Waals surface area (Å²) in [6, 6.07) is 5.73. The van der Waals surface area contributed by atoms with Crippen molar-refractivity contribution in [1.82, 2.24) is 20.2 Å². The summed E-state index contributed by atoms with van der Waals surface area (Å²) in [5.41, 5.74) is 7.16. The molecule has 0 fully saturated rings. The van der Waals surface area contributed by atoms with Crippen LogP contribution in [-0.2, 0) is 0 Å². The Morgan fingerprint density at radius 3 is 2.65 bits per heavy atom. The minimum Gasteiger partial charge on any atom is -0.398 e. The Labute approximate surface area is 124 Å². The molecule has 5 nitrogen and oxygen atoms in total. The van der Waals surface area contributed by atoms with Crippen LogP contribution >= 0.6 is 11.6 Å². The maximum absolute atomic E-state index is 6.27. The largest absolute Gasteiger partial charge is 0.398 e. The monoisotopic (exact) mass is 293 g/mol. The van der Waals surface area contributed by atoms with Gasteiger partial charge in [0.15, 0.2) is 5.82 Å². The van der Waals surface area contributed by atoms with Gasteiger partial charge < -0.3 is 5.73 Å². The standard InChI is InChI=1S/C14H20ClN5/c1-4-10(5-2)9(3)20-14(17-18-19-20)11-7-6-8-12(16)13(11)15/h6-10H,4-5,16H2,1-3H3. The van der Waals surface area contributed by atoms with Gasteiger partial charge in [-0.15, -0.1) is 5.10 Å². The summed E-state index contributed by atoms with van der Waals surface area (Å²) in [6.07, 6.45) is 2.17. The highest BCUT2D eigenvalue weighted by molar-refractivity contribution is 6.35. The van der Waals surface area contributed by atoms with E-state index in [9.17, 15) is 0 Å². The molecule has 0 aliphatic carbocycles. The Bertz CT molecular complexity index is 577. The number of hydrogen-bond donors (Lipinski definition) is 1. The zero-order valence-corrected chi connectivity index (χ0v) is 12.8. The Hall–Kier alpha value is -1.62. The molecule has 0 saturated heterocycles. The highest BCUT2D eigenvalue weighted by Gasteiger charge is 2.22. The highest BCUT2D eigenvalue weighted by Crippen LogP contribution is 2.33. The average molecular weight is 294 g/mol. The number of hydrogen-bond acceptors (Lipinski definition) is 4. The summed E-state index contributed by atoms with van der Waals surface area (Å²) in [5.74, 6) is 1.19. The van der Waals surface area contributed by atoms with E-state index in [1.165, 1.54) is 0 Å². The van der Waals surface area contributed by atoms with E-state index in [4.69, 9.17) is 17.3 Å². The smallest absolute Gasteiger partial charge is 0.183 e. The molecule has 1 aromatic heterocycles. The van der Waals surface area contributed by atoms with Crippen molar-refractivity contribution in [2.75, 3.05) is 5.73 Å². The van der Waals surface area contributed by atoms with Crippen LogP contribution in [0.4, 0.5) is 5.69 Å². The van der Waals surface area contributed by atoms with Gasteiger partial charge in [-0.3, -0.25) is 0 Å². The molecule has 1 heterocycles. The van der Waals surface area contributed by atoms with Crippen LogP contribution in [0.15, 0.2) is 18.2 Å². The number of tetrazole rings is 1. The molecule has 1 unspecified atom stereocenters. The first kappa shape index (κ1) is 14.8. The number of nitrogen functional groups attached to an aromatic ring is 1. The molecule has 2 N–H and O–H groups in total. The second kappa shape index (κ2) is 6.22. The van der Waals surface area contributed by atoms with Gasteiger partial charge in [0.2, 0.25) is 0 Å². The zero-order valence-electron chi connectivity index (χ0n) is 12.0. The van der Waals surface area contributed by atoms with Crippen molar-refractivity contribution in [3.63, 3.8) is 0 Å². The number of nitrogens with two attached hydrogens (primary N) is 1. The summed E-state index contributed by atoms with van der Waals surface area (Å²) in [7, 11) is 0. The van der Waals surface area contributed by atoms with E-state index in [-0.39, 0.29) is 6.04 Å². The van der Waals surface area contributed by atoms with Gasteiger partial charge in [0, 0.05) is 5.56 Å². The maximum atomic E-state index is 6.27. The van der Waals surface area contributed by atoms with Gasteiger partial charge in [-0.2, -0.15) is 0 Å². The van der Waals surface area contributed by atoms with Gasteiger partial charge in [-0.05, 0) is 35.4 Å². The second-order valence-corrected chi connectivity index (χ2v) is 5.35. The lowest BCUT2D eigenvalue weighted by Crippen LogP contribution is -2.18. The Morgan fingerprint density at radius 1 is 1.30 bits per heavy atom. The molecule has 0 bridgehead atoms. The summed E-state index contributed by atoms with van der Waals surface area (Å²) in [4.78, 5) is 0. The Morgan fingerprint density at radius 2 is 2.00 bits per heavy atom. The molecule has 108 valence electrons. The van der Waals surface area contributed by atoms with Crippen molar-refractivity contribution in [2.45, 2.75) is 39.7 Å². The number of anilines is 1. The van der Waals surface area contributed by atoms with Gasteiger partial charge in [-0.25, -0.2) is 4.68 Å². The van der Waals surface area contributed by atoms with Crippen molar-refractivity contribution in [1.29, 1.82) is 0 Å². The van der Waals surface area contributed by atoms with Gasteiger partial charge in [-0.1, -0.05) is 44.4 Å². The van der Waals surface area contributed by atoms with Crippen molar-refractivity contribution in [3.05, 3.63) is 23.2 Å². The van der Waals surface area contributed by atoms with Crippen LogP contribution in [-0.4, -0.2) is 20.2 Å². The summed E-state index contributed by atoms with van der Waals surface area (Å²) < 4.78 is 1.85. The molecular formula is C14H20ClN5. The first-order chi connectivity index (χ1) is 9.60. The van der Waals surface area contributed by atoms with Gasteiger partial charge >= 0.3 is 0 Å². The van der Waals surface area contributed by atoms with E-state index >= 15 is 0 Å². The number of nitrogens with zero attached hydrogens (tertiary/aromatic N) is 4. The molecule has 0 spiro atoms. The van der Waals surface area contributed by atoms with Crippen LogP contribution in [0.2, 0.25) is 5.02 Å². The minimum absolute atomic E-state index is 0.215. The van der Waals surface area contributed by atoms with Crippen molar-refractivity contribution >= 4 is 17.3 Å². The Kier molecular flexibility index (Phi) is 4.60. The summed E-state index contributed by atoms with van der Waals surface area (Å²) in [5, 5.41) is 12.6. The van der Waals surface area contributed by atoms with Gasteiger partial charge in [0.1, 0.15) is 0 Å². The van der Waals surface area contributed by atoms with Crippen LogP contribution < -0.4 is 5.73 Å². The van der Waals surface area contributed by atoms with Crippen molar-refractivity contribution in [2.24, 2.45) is 5.92 Å². The maximum Gasteiger partial charge on any atom is 0.183 e. The molecule has 6 heteroatoms. The third-order valence-electron chi connectivity index (χ3n) is 3.88. The molecule has 2 aromatic rings. The molecule has 0 amide bonds. The van der Waals surface area contributed by atoms with Crippen molar-refractivity contribution < 1.29 is 0 Å². The first-order valence-corrected chi connectivity index (χ1v) is 7.30. The fraction of sp³-hybridized carbons (Fsp3) is 0.500. The summed E-state index contributed by atoms with van der Waals surface area (Å²) in [6.45, 7) is 6.50. The molecule has 1 atom stereocenters. The first-order valence-electron chi connectivity index (χ1n) is 6.92. The molecule has 0 saturated carbocycles. The lowest BCUT2D eigenvalue weighted by atomic mass is 9.95. The zero-order chi connectivity index (χ0) is 14.7. The number of rotatable bonds is 5. The number of halogens is 1. The van der Waals surface area contributed by atoms with E-state index in [0.29, 0.717) is 22.5 Å². The molecular weight excluding hydrogens is 274 g/mol. The fourth-order valence-electron chi connectivity index (χ4n) is 2.54. The van der Waals surface area contributed by atoms with Crippen LogP contribution in [0.25, 0.3) is 11.4 Å². The SMILES string of the molecule is CCC(CC)C(C)n1nnnc1-c1cccc(N)c1Cl. The highest BCUT2D eigenvalue weighted by atomic mass is 35.5. The van der Waals surface area contributed by atoms with Crippen LogP contribution in [0.3, 0.4) is 0 Å². The second-order valence-electron chi connectivity index (χ2n) is 4.97. The predicted molar refractivity (Wildman–Crippen MR) is 81.5 cm³/mol. The van der Waals surface area contributed by atoms with E-state index in [1.54, 1.807) is 6.07 Å². The molecule has 0 aliphatic heterocycles. The molecule has 0 aliphatic rings. The van der Waals surface area contributed by atoms with E-state index < -0.39 is 0 Å². The molecule has 1 aromatic carbocycles. The van der Waals surface area contributed by atoms with Crippen LogP contribution in [0, 0.1) is 5.92 Å².